The molecular weight excluding hydrogens is 419 g/mol. The maximum Gasteiger partial charge on any atom is 0.255 e. The second-order valence-electron chi connectivity index (χ2n) is 7.53. The van der Waals surface area contributed by atoms with E-state index in [-0.39, 0.29) is 23.0 Å². The summed E-state index contributed by atoms with van der Waals surface area (Å²) >= 11 is 5.93. The van der Waals surface area contributed by atoms with Gasteiger partial charge in [0.2, 0.25) is 0 Å². The Morgan fingerprint density at radius 2 is 1.97 bits per heavy atom. The van der Waals surface area contributed by atoms with Crippen LogP contribution in [0.15, 0.2) is 48.5 Å². The molecule has 8 heteroatoms. The van der Waals surface area contributed by atoms with Crippen molar-refractivity contribution in [2.24, 2.45) is 5.92 Å². The normalized spacial score (nSPS) is 10.9. The predicted molar refractivity (Wildman–Crippen MR) is 122 cm³/mol. The first-order valence-corrected chi connectivity index (χ1v) is 10.2. The third-order valence-electron chi connectivity index (χ3n) is 4.60. The largest absolute Gasteiger partial charge is 0.507 e. The summed E-state index contributed by atoms with van der Waals surface area (Å²) in [6.07, 6.45) is 0. The van der Waals surface area contributed by atoms with E-state index in [1.807, 2.05) is 13.8 Å². The van der Waals surface area contributed by atoms with E-state index in [1.54, 1.807) is 42.5 Å². The van der Waals surface area contributed by atoms with Gasteiger partial charge in [-0.05, 0) is 54.4 Å². The van der Waals surface area contributed by atoms with E-state index >= 15 is 0 Å². The lowest BCUT2D eigenvalue weighted by Crippen LogP contribution is -2.28. The van der Waals surface area contributed by atoms with Gasteiger partial charge in [-0.25, -0.2) is 9.37 Å². The minimum Gasteiger partial charge on any atom is -0.507 e. The second-order valence-corrected chi connectivity index (χ2v) is 7.96. The zero-order chi connectivity index (χ0) is 22.5. The molecular formula is C23H24ClFN4O2. The lowest BCUT2D eigenvalue weighted by atomic mass is 10.1. The molecule has 31 heavy (non-hydrogen) atoms. The van der Waals surface area contributed by atoms with Gasteiger partial charge in [0, 0.05) is 34.1 Å². The maximum absolute atomic E-state index is 13.3. The Labute approximate surface area is 185 Å². The zero-order valence-corrected chi connectivity index (χ0v) is 18.0. The number of aromatic nitrogens is 1. The molecule has 3 aromatic rings. The van der Waals surface area contributed by atoms with Crippen LogP contribution in [0.25, 0.3) is 11.3 Å². The third kappa shape index (κ3) is 5.44. The highest BCUT2D eigenvalue weighted by molar-refractivity contribution is 6.30. The molecule has 1 amide bonds. The van der Waals surface area contributed by atoms with Crippen molar-refractivity contribution in [1.29, 1.82) is 0 Å². The van der Waals surface area contributed by atoms with E-state index in [0.29, 0.717) is 45.7 Å². The van der Waals surface area contributed by atoms with Gasteiger partial charge in [-0.15, -0.1) is 0 Å². The fourth-order valence-electron chi connectivity index (χ4n) is 2.98. The van der Waals surface area contributed by atoms with Gasteiger partial charge in [-0.1, -0.05) is 25.4 Å². The van der Waals surface area contributed by atoms with Crippen LogP contribution in [0.5, 0.6) is 5.75 Å². The summed E-state index contributed by atoms with van der Waals surface area (Å²) in [5.74, 6) is 0.0692. The fraction of sp³-hybridized carbons (Fsp3) is 0.217. The van der Waals surface area contributed by atoms with Crippen LogP contribution in [-0.4, -0.2) is 22.5 Å². The van der Waals surface area contributed by atoms with Crippen LogP contribution in [0.3, 0.4) is 0 Å². The average molecular weight is 443 g/mol. The first kappa shape index (κ1) is 22.4. The molecule has 5 N–H and O–H groups in total. The van der Waals surface area contributed by atoms with Gasteiger partial charge < -0.3 is 21.5 Å². The first-order valence-electron chi connectivity index (χ1n) is 9.78. The topological polar surface area (TPSA) is 100 Å². The number of hydrogen-bond donors (Lipinski definition) is 4. The first-order chi connectivity index (χ1) is 14.8. The van der Waals surface area contributed by atoms with E-state index < -0.39 is 6.67 Å². The molecule has 2 aromatic carbocycles. The lowest BCUT2D eigenvalue weighted by molar-refractivity contribution is 0.0949. The van der Waals surface area contributed by atoms with Gasteiger partial charge in [0.15, 0.2) is 0 Å². The summed E-state index contributed by atoms with van der Waals surface area (Å²) in [5, 5.41) is 16.7. The third-order valence-corrected chi connectivity index (χ3v) is 4.84. The molecule has 0 saturated heterocycles. The fourth-order valence-corrected chi connectivity index (χ4v) is 3.17. The standard InChI is InChI=1S/C23H24ClFN4O2/c1-13(2)12-27-23(31)17-5-7-20(29-22(17)26)18-10-16(4-8-21(18)30)28-19-6-3-15(24)9-14(19)11-25/h3-10,13,28,30H,11-12H2,1-2H3,(H2,26,29)(H,27,31). The van der Waals surface area contributed by atoms with Crippen molar-refractivity contribution >= 4 is 34.7 Å². The predicted octanol–water partition coefficient (Wildman–Crippen LogP) is 5.29. The Morgan fingerprint density at radius 3 is 2.65 bits per heavy atom. The quantitative estimate of drug-likeness (QED) is 0.372. The van der Waals surface area contributed by atoms with E-state index in [9.17, 15) is 14.3 Å². The van der Waals surface area contributed by atoms with E-state index in [2.05, 4.69) is 15.6 Å². The number of rotatable bonds is 7. The van der Waals surface area contributed by atoms with Crippen LogP contribution in [-0.2, 0) is 6.67 Å². The second kappa shape index (κ2) is 9.66. The van der Waals surface area contributed by atoms with Crippen molar-refractivity contribution in [1.82, 2.24) is 10.3 Å². The van der Waals surface area contributed by atoms with Gasteiger partial charge in [0.25, 0.3) is 5.91 Å². The smallest absolute Gasteiger partial charge is 0.255 e. The number of halogens is 2. The molecule has 0 aliphatic rings. The lowest BCUT2D eigenvalue weighted by Gasteiger charge is -2.14. The molecule has 0 spiro atoms. The van der Waals surface area contributed by atoms with Crippen LogP contribution in [0.4, 0.5) is 21.6 Å². The van der Waals surface area contributed by atoms with Crippen molar-refractivity contribution in [3.05, 3.63) is 64.7 Å². The number of hydrogen-bond acceptors (Lipinski definition) is 5. The van der Waals surface area contributed by atoms with Crippen molar-refractivity contribution in [3.8, 4) is 17.0 Å². The highest BCUT2D eigenvalue weighted by Crippen LogP contribution is 2.33. The van der Waals surface area contributed by atoms with Gasteiger partial charge in [-0.2, -0.15) is 0 Å². The highest BCUT2D eigenvalue weighted by atomic mass is 35.5. The molecule has 1 aromatic heterocycles. The number of carbonyl (C=O) groups excluding carboxylic acids is 1. The number of aromatic hydroxyl groups is 1. The van der Waals surface area contributed by atoms with Crippen molar-refractivity contribution in [2.75, 3.05) is 17.6 Å². The Balaban J connectivity index is 1.88. The number of carbonyl (C=O) groups is 1. The van der Waals surface area contributed by atoms with Crippen LogP contribution in [0.2, 0.25) is 5.02 Å². The summed E-state index contributed by atoms with van der Waals surface area (Å²) in [6.45, 7) is 3.84. The van der Waals surface area contributed by atoms with Crippen molar-refractivity contribution in [3.63, 3.8) is 0 Å². The molecule has 6 nitrogen and oxygen atoms in total. The van der Waals surface area contributed by atoms with Gasteiger partial charge in [0.05, 0.1) is 11.3 Å². The Kier molecular flexibility index (Phi) is 6.97. The van der Waals surface area contributed by atoms with Gasteiger partial charge in [0.1, 0.15) is 18.2 Å². The summed E-state index contributed by atoms with van der Waals surface area (Å²) in [7, 11) is 0. The van der Waals surface area contributed by atoms with Crippen LogP contribution >= 0.6 is 11.6 Å². The summed E-state index contributed by atoms with van der Waals surface area (Å²) in [6, 6.07) is 12.9. The number of phenols is 1. The number of amides is 1. The number of anilines is 3. The number of benzene rings is 2. The number of phenolic OH excluding ortho intramolecular Hbond substituents is 1. The highest BCUT2D eigenvalue weighted by Gasteiger charge is 2.15. The molecule has 0 aliphatic carbocycles. The molecule has 0 aliphatic heterocycles. The van der Waals surface area contributed by atoms with Gasteiger partial charge in [-0.3, -0.25) is 4.79 Å². The minimum absolute atomic E-state index is 0.00344. The van der Waals surface area contributed by atoms with Crippen molar-refractivity contribution in [2.45, 2.75) is 20.5 Å². The van der Waals surface area contributed by atoms with Crippen molar-refractivity contribution < 1.29 is 14.3 Å². The minimum atomic E-state index is -0.674. The molecule has 0 bridgehead atoms. The summed E-state index contributed by atoms with van der Waals surface area (Å²) < 4.78 is 13.3. The van der Waals surface area contributed by atoms with Crippen LogP contribution in [0, 0.1) is 5.92 Å². The number of nitrogen functional groups attached to an aromatic ring is 1. The maximum atomic E-state index is 13.3. The molecule has 0 saturated carbocycles. The molecule has 1 heterocycles. The zero-order valence-electron chi connectivity index (χ0n) is 17.2. The number of nitrogens with zero attached hydrogens (tertiary/aromatic N) is 1. The SMILES string of the molecule is CC(C)CNC(=O)c1ccc(-c2cc(Nc3ccc(Cl)cc3CF)ccc2O)nc1N. The monoisotopic (exact) mass is 442 g/mol. The van der Waals surface area contributed by atoms with Crippen LogP contribution in [0.1, 0.15) is 29.8 Å². The summed E-state index contributed by atoms with van der Waals surface area (Å²) in [4.78, 5) is 16.6. The van der Waals surface area contributed by atoms with E-state index in [1.165, 1.54) is 6.07 Å². The Bertz CT molecular complexity index is 1100. The molecule has 0 fully saturated rings. The number of alkyl halides is 1. The molecule has 0 atom stereocenters. The molecule has 0 radical (unpaired) electrons. The molecule has 162 valence electrons. The Morgan fingerprint density at radius 1 is 1.19 bits per heavy atom. The van der Waals surface area contributed by atoms with Crippen LogP contribution < -0.4 is 16.4 Å². The molecule has 3 rings (SSSR count). The molecule has 0 unspecified atom stereocenters. The number of nitrogens with two attached hydrogens (primary N) is 1. The number of nitrogens with one attached hydrogen (secondary N) is 2. The summed E-state index contributed by atoms with van der Waals surface area (Å²) in [5.41, 5.74) is 8.69. The average Bonchev–Trinajstić information content (AvgIpc) is 2.74. The van der Waals surface area contributed by atoms with E-state index in [4.69, 9.17) is 17.3 Å². The van der Waals surface area contributed by atoms with E-state index in [0.717, 1.165) is 0 Å². The Hall–Kier alpha value is -3.32. The number of pyridine rings is 1. The van der Waals surface area contributed by atoms with Gasteiger partial charge >= 0.3 is 0 Å².